The van der Waals surface area contributed by atoms with E-state index in [0.717, 1.165) is 23.1 Å². The maximum atomic E-state index is 10.6. The number of rotatable bonds is 4. The minimum Gasteiger partial charge on any atom is -0.494 e. The summed E-state index contributed by atoms with van der Waals surface area (Å²) in [5.74, 6) is 2.98. The third kappa shape index (κ3) is 2.14. The van der Waals surface area contributed by atoms with Crippen molar-refractivity contribution in [2.24, 2.45) is 17.8 Å². The normalized spacial score (nSPS) is 31.6. The Labute approximate surface area is 109 Å². The molecule has 2 heteroatoms. The van der Waals surface area contributed by atoms with E-state index in [-0.39, 0.29) is 6.10 Å². The molecule has 0 saturated heterocycles. The first-order valence-electron chi connectivity index (χ1n) is 7.18. The molecule has 2 aliphatic rings. The van der Waals surface area contributed by atoms with E-state index in [1.165, 1.54) is 25.7 Å². The van der Waals surface area contributed by atoms with Gasteiger partial charge in [0.25, 0.3) is 0 Å². The zero-order valence-corrected chi connectivity index (χ0v) is 11.0. The minimum absolute atomic E-state index is 0.305. The lowest BCUT2D eigenvalue weighted by atomic mass is 9.82. The highest BCUT2D eigenvalue weighted by atomic mass is 16.5. The number of fused-ring (bicyclic) bond motifs is 2. The molecule has 0 radical (unpaired) electrons. The van der Waals surface area contributed by atoms with Gasteiger partial charge in [0.2, 0.25) is 0 Å². The van der Waals surface area contributed by atoms with Gasteiger partial charge in [-0.3, -0.25) is 0 Å². The van der Waals surface area contributed by atoms with E-state index in [1.807, 2.05) is 31.2 Å². The van der Waals surface area contributed by atoms with Crippen LogP contribution in [0.4, 0.5) is 0 Å². The van der Waals surface area contributed by atoms with Gasteiger partial charge in [0.05, 0.1) is 12.7 Å². The Hall–Kier alpha value is -1.02. The molecule has 2 saturated carbocycles. The Morgan fingerprint density at radius 3 is 2.89 bits per heavy atom. The van der Waals surface area contributed by atoms with Gasteiger partial charge in [-0.25, -0.2) is 0 Å². The summed E-state index contributed by atoms with van der Waals surface area (Å²) in [4.78, 5) is 0. The zero-order valence-electron chi connectivity index (χ0n) is 11.0. The Balaban J connectivity index is 1.75. The molecule has 1 aromatic rings. The van der Waals surface area contributed by atoms with Crippen LogP contribution in [0.2, 0.25) is 0 Å². The number of aliphatic hydroxyl groups excluding tert-OH is 1. The van der Waals surface area contributed by atoms with E-state index in [9.17, 15) is 5.11 Å². The molecular weight excluding hydrogens is 224 g/mol. The summed E-state index contributed by atoms with van der Waals surface area (Å²) in [7, 11) is 0. The molecule has 1 aromatic carbocycles. The fourth-order valence-corrected chi connectivity index (χ4v) is 3.88. The molecule has 4 atom stereocenters. The smallest absolute Gasteiger partial charge is 0.119 e. The highest BCUT2D eigenvalue weighted by Gasteiger charge is 2.43. The van der Waals surface area contributed by atoms with Crippen molar-refractivity contribution in [3.05, 3.63) is 29.8 Å². The second-order valence-corrected chi connectivity index (χ2v) is 5.79. The average Bonchev–Trinajstić information content (AvgIpc) is 3.01. The second kappa shape index (κ2) is 4.93. The van der Waals surface area contributed by atoms with Crippen LogP contribution in [0.3, 0.4) is 0 Å². The lowest BCUT2D eigenvalue weighted by Gasteiger charge is -2.27. The largest absolute Gasteiger partial charge is 0.494 e. The molecule has 18 heavy (non-hydrogen) atoms. The van der Waals surface area contributed by atoms with E-state index < -0.39 is 0 Å². The Morgan fingerprint density at radius 1 is 1.33 bits per heavy atom. The van der Waals surface area contributed by atoms with Gasteiger partial charge in [0.15, 0.2) is 0 Å². The molecule has 98 valence electrons. The van der Waals surface area contributed by atoms with Gasteiger partial charge in [-0.05, 0) is 61.6 Å². The van der Waals surface area contributed by atoms with E-state index in [4.69, 9.17) is 4.74 Å². The molecule has 0 amide bonds. The summed E-state index contributed by atoms with van der Waals surface area (Å²) >= 11 is 0. The number of aliphatic hydroxyl groups is 1. The van der Waals surface area contributed by atoms with Crippen LogP contribution in [0, 0.1) is 17.8 Å². The van der Waals surface area contributed by atoms with Crippen molar-refractivity contribution in [3.63, 3.8) is 0 Å². The van der Waals surface area contributed by atoms with E-state index in [1.54, 1.807) is 0 Å². The van der Waals surface area contributed by atoms with Crippen LogP contribution in [0.1, 0.15) is 44.3 Å². The lowest BCUT2D eigenvalue weighted by molar-refractivity contribution is 0.0743. The third-order valence-corrected chi connectivity index (χ3v) is 4.71. The molecule has 2 bridgehead atoms. The van der Waals surface area contributed by atoms with Gasteiger partial charge in [-0.15, -0.1) is 0 Å². The van der Waals surface area contributed by atoms with Crippen molar-refractivity contribution in [2.75, 3.05) is 6.61 Å². The topological polar surface area (TPSA) is 29.5 Å². The molecule has 2 fully saturated rings. The fourth-order valence-electron chi connectivity index (χ4n) is 3.88. The highest BCUT2D eigenvalue weighted by Crippen LogP contribution is 2.52. The maximum absolute atomic E-state index is 10.6. The Morgan fingerprint density at radius 2 is 2.22 bits per heavy atom. The summed E-state index contributed by atoms with van der Waals surface area (Å²) in [6, 6.07) is 7.97. The fraction of sp³-hybridized carbons (Fsp3) is 0.625. The van der Waals surface area contributed by atoms with E-state index >= 15 is 0 Å². The van der Waals surface area contributed by atoms with Crippen molar-refractivity contribution >= 4 is 0 Å². The molecule has 2 nitrogen and oxygen atoms in total. The van der Waals surface area contributed by atoms with Gasteiger partial charge >= 0.3 is 0 Å². The number of hydrogen-bond acceptors (Lipinski definition) is 2. The average molecular weight is 246 g/mol. The standard InChI is InChI=1S/C16H22O2/c1-2-18-14-5-3-4-13(10-14)16(17)15-9-11-6-7-12(15)8-11/h3-5,10-12,15-17H,2,6-9H2,1H3. The van der Waals surface area contributed by atoms with E-state index in [0.29, 0.717) is 12.5 Å². The molecule has 4 unspecified atom stereocenters. The molecule has 0 heterocycles. The van der Waals surface area contributed by atoms with Crippen molar-refractivity contribution < 1.29 is 9.84 Å². The molecule has 1 N–H and O–H groups in total. The van der Waals surface area contributed by atoms with Gasteiger partial charge in [-0.1, -0.05) is 18.6 Å². The maximum Gasteiger partial charge on any atom is 0.119 e. The van der Waals surface area contributed by atoms with Crippen LogP contribution in [-0.2, 0) is 0 Å². The molecule has 3 rings (SSSR count). The predicted molar refractivity (Wildman–Crippen MR) is 71.5 cm³/mol. The van der Waals surface area contributed by atoms with Crippen LogP contribution in [0.25, 0.3) is 0 Å². The predicted octanol–water partition coefficient (Wildman–Crippen LogP) is 3.55. The third-order valence-electron chi connectivity index (χ3n) is 4.71. The lowest BCUT2D eigenvalue weighted by Crippen LogP contribution is -2.19. The number of ether oxygens (including phenoxy) is 1. The molecule has 2 aliphatic carbocycles. The summed E-state index contributed by atoms with van der Waals surface area (Å²) in [6.45, 7) is 2.66. The quantitative estimate of drug-likeness (QED) is 0.880. The van der Waals surface area contributed by atoms with Crippen molar-refractivity contribution in [1.82, 2.24) is 0 Å². The number of benzene rings is 1. The van der Waals surface area contributed by atoms with Crippen LogP contribution >= 0.6 is 0 Å². The van der Waals surface area contributed by atoms with Crippen LogP contribution in [0.15, 0.2) is 24.3 Å². The molecule has 0 aliphatic heterocycles. The van der Waals surface area contributed by atoms with Crippen LogP contribution in [-0.4, -0.2) is 11.7 Å². The minimum atomic E-state index is -0.305. The van der Waals surface area contributed by atoms with Crippen molar-refractivity contribution in [1.29, 1.82) is 0 Å². The molecule has 0 aromatic heterocycles. The first-order valence-corrected chi connectivity index (χ1v) is 7.18. The number of hydrogen-bond donors (Lipinski definition) is 1. The first kappa shape index (κ1) is 12.0. The van der Waals surface area contributed by atoms with E-state index in [2.05, 4.69) is 0 Å². The zero-order chi connectivity index (χ0) is 12.5. The summed E-state index contributed by atoms with van der Waals surface area (Å²) in [6.07, 6.45) is 4.95. The Kier molecular flexibility index (Phi) is 3.29. The first-order chi connectivity index (χ1) is 8.78. The van der Waals surface area contributed by atoms with Crippen molar-refractivity contribution in [2.45, 2.75) is 38.7 Å². The van der Waals surface area contributed by atoms with Gasteiger partial charge in [0.1, 0.15) is 5.75 Å². The summed E-state index contributed by atoms with van der Waals surface area (Å²) in [5, 5.41) is 10.6. The summed E-state index contributed by atoms with van der Waals surface area (Å²) in [5.41, 5.74) is 1.03. The molecule has 0 spiro atoms. The van der Waals surface area contributed by atoms with Gasteiger partial charge in [-0.2, -0.15) is 0 Å². The molecular formula is C16H22O2. The second-order valence-electron chi connectivity index (χ2n) is 5.79. The monoisotopic (exact) mass is 246 g/mol. The Bertz CT molecular complexity index is 415. The highest BCUT2D eigenvalue weighted by molar-refractivity contribution is 5.30. The van der Waals surface area contributed by atoms with Crippen molar-refractivity contribution in [3.8, 4) is 5.75 Å². The van der Waals surface area contributed by atoms with Gasteiger partial charge in [0, 0.05) is 0 Å². The SMILES string of the molecule is CCOc1cccc(C(O)C2CC3CCC2C3)c1. The van der Waals surface area contributed by atoms with Crippen LogP contribution < -0.4 is 4.74 Å². The van der Waals surface area contributed by atoms with Crippen LogP contribution in [0.5, 0.6) is 5.75 Å². The summed E-state index contributed by atoms with van der Waals surface area (Å²) < 4.78 is 5.51. The van der Waals surface area contributed by atoms with Gasteiger partial charge < -0.3 is 9.84 Å².